The number of nitrogens with zero attached hydrogens (tertiary/aromatic N) is 2. The van der Waals surface area contributed by atoms with Crippen molar-refractivity contribution < 1.29 is 0 Å². The van der Waals surface area contributed by atoms with E-state index in [1.807, 2.05) is 12.1 Å². The maximum atomic E-state index is 5.79. The molecule has 78 valence electrons. The van der Waals surface area contributed by atoms with E-state index in [0.29, 0.717) is 0 Å². The molecule has 0 aliphatic carbocycles. The first-order valence-corrected chi connectivity index (χ1v) is 6.84. The number of nitrogens with two attached hydrogens (primary N) is 1. The highest BCUT2D eigenvalue weighted by Gasteiger charge is 2.01. The third-order valence-corrected chi connectivity index (χ3v) is 4.42. The zero-order chi connectivity index (χ0) is 10.7. The maximum Gasteiger partial charge on any atom is 0.174 e. The third-order valence-electron chi connectivity index (χ3n) is 1.76. The van der Waals surface area contributed by atoms with Crippen molar-refractivity contribution in [3.63, 3.8) is 0 Å². The zero-order valence-corrected chi connectivity index (χ0v) is 10.9. The number of aromatic nitrogens is 2. The maximum absolute atomic E-state index is 5.79. The molecule has 2 N–H and O–H groups in total. The summed E-state index contributed by atoms with van der Waals surface area (Å²) in [5.41, 5.74) is 9.48. The molecule has 0 unspecified atom stereocenters. The molecule has 0 amide bonds. The van der Waals surface area contributed by atoms with E-state index in [4.69, 9.17) is 5.73 Å². The fourth-order valence-electron chi connectivity index (χ4n) is 1.05. The van der Waals surface area contributed by atoms with Gasteiger partial charge in [0.25, 0.3) is 0 Å². The van der Waals surface area contributed by atoms with E-state index < -0.39 is 0 Å². The van der Waals surface area contributed by atoms with Gasteiger partial charge in [-0.25, -0.2) is 0 Å². The molecule has 3 nitrogen and oxygen atoms in total. The zero-order valence-electron chi connectivity index (χ0n) is 7.68. The van der Waals surface area contributed by atoms with E-state index in [1.54, 1.807) is 28.6 Å². The van der Waals surface area contributed by atoms with Gasteiger partial charge in [-0.15, -0.1) is 10.2 Å². The molecule has 2 rings (SSSR count). The minimum absolute atomic E-state index is 0.769. The highest BCUT2D eigenvalue weighted by atomic mass is 79.9. The lowest BCUT2D eigenvalue weighted by molar-refractivity contribution is 1.01. The Morgan fingerprint density at radius 1 is 1.47 bits per heavy atom. The molecule has 6 heteroatoms. The lowest BCUT2D eigenvalue weighted by Crippen LogP contribution is -1.89. The Morgan fingerprint density at radius 3 is 3.00 bits per heavy atom. The number of anilines is 1. The van der Waals surface area contributed by atoms with Crippen LogP contribution >= 0.6 is 39.0 Å². The molecule has 15 heavy (non-hydrogen) atoms. The van der Waals surface area contributed by atoms with Crippen LogP contribution in [0.2, 0.25) is 0 Å². The first-order valence-electron chi connectivity index (χ1n) is 4.18. The molecule has 0 fully saturated rings. The molecule has 2 aromatic rings. The van der Waals surface area contributed by atoms with Gasteiger partial charge in [-0.3, -0.25) is 0 Å². The van der Waals surface area contributed by atoms with E-state index in [2.05, 4.69) is 32.2 Å². The Kier molecular flexibility index (Phi) is 3.61. The van der Waals surface area contributed by atoms with Gasteiger partial charge in [0.2, 0.25) is 0 Å². The average molecular weight is 302 g/mol. The van der Waals surface area contributed by atoms with Crippen LogP contribution < -0.4 is 5.73 Å². The largest absolute Gasteiger partial charge is 0.398 e. The number of hydrogen-bond donors (Lipinski definition) is 1. The number of nitrogen functional groups attached to an aromatic ring is 1. The van der Waals surface area contributed by atoms with Crippen LogP contribution in [-0.2, 0) is 5.75 Å². The summed E-state index contributed by atoms with van der Waals surface area (Å²) in [4.78, 5) is 0. The molecule has 1 aromatic heterocycles. The normalized spacial score (nSPS) is 10.5. The van der Waals surface area contributed by atoms with Crippen LogP contribution in [-0.4, -0.2) is 10.2 Å². The van der Waals surface area contributed by atoms with Crippen molar-refractivity contribution in [2.75, 3.05) is 5.73 Å². The topological polar surface area (TPSA) is 51.8 Å². The molecule has 0 bridgehead atoms. The Hall–Kier alpha value is -0.590. The van der Waals surface area contributed by atoms with Crippen LogP contribution in [0, 0.1) is 0 Å². The van der Waals surface area contributed by atoms with Gasteiger partial charge in [-0.05, 0) is 33.6 Å². The Balaban J connectivity index is 2.02. The summed E-state index contributed by atoms with van der Waals surface area (Å²) in [7, 11) is 0. The minimum Gasteiger partial charge on any atom is -0.398 e. The average Bonchev–Trinajstić information content (AvgIpc) is 2.73. The monoisotopic (exact) mass is 301 g/mol. The van der Waals surface area contributed by atoms with E-state index in [1.165, 1.54) is 5.56 Å². The molecule has 1 aromatic carbocycles. The van der Waals surface area contributed by atoms with Crippen molar-refractivity contribution in [3.05, 3.63) is 33.7 Å². The molecule has 1 heterocycles. The van der Waals surface area contributed by atoms with Gasteiger partial charge in [0, 0.05) is 15.9 Å². The van der Waals surface area contributed by atoms with E-state index in [9.17, 15) is 0 Å². The van der Waals surface area contributed by atoms with E-state index in [-0.39, 0.29) is 0 Å². The van der Waals surface area contributed by atoms with Gasteiger partial charge in [-0.2, -0.15) is 0 Å². The molecule has 0 saturated heterocycles. The molecule has 0 radical (unpaired) electrons. The lowest BCUT2D eigenvalue weighted by atomic mass is 10.2. The Morgan fingerprint density at radius 2 is 2.33 bits per heavy atom. The van der Waals surface area contributed by atoms with Gasteiger partial charge < -0.3 is 5.73 Å². The van der Waals surface area contributed by atoms with Crippen molar-refractivity contribution in [2.45, 2.75) is 10.1 Å². The van der Waals surface area contributed by atoms with Crippen LogP contribution in [0.5, 0.6) is 0 Å². The molecule has 0 spiro atoms. The predicted molar refractivity (Wildman–Crippen MR) is 68.0 cm³/mol. The van der Waals surface area contributed by atoms with Gasteiger partial charge >= 0.3 is 0 Å². The number of thioether (sulfide) groups is 1. The van der Waals surface area contributed by atoms with Crippen LogP contribution in [0.3, 0.4) is 0 Å². The predicted octanol–water partition coefficient (Wildman–Crippen LogP) is 3.18. The Labute approximate surface area is 104 Å². The van der Waals surface area contributed by atoms with Crippen molar-refractivity contribution in [2.24, 2.45) is 0 Å². The summed E-state index contributed by atoms with van der Waals surface area (Å²) in [6.07, 6.45) is 0. The second kappa shape index (κ2) is 4.96. The van der Waals surface area contributed by atoms with Crippen LogP contribution in [0.25, 0.3) is 0 Å². The van der Waals surface area contributed by atoms with Crippen LogP contribution in [0.4, 0.5) is 5.69 Å². The minimum atomic E-state index is 0.769. The van der Waals surface area contributed by atoms with Crippen LogP contribution in [0.1, 0.15) is 5.56 Å². The van der Waals surface area contributed by atoms with Gasteiger partial charge in [0.05, 0.1) is 0 Å². The molecule has 0 aliphatic rings. The summed E-state index contributed by atoms with van der Waals surface area (Å²) >= 11 is 6.59. The SMILES string of the molecule is Nc1cc(CSc2nncs2)ccc1Br. The summed E-state index contributed by atoms with van der Waals surface area (Å²) in [6.45, 7) is 0. The number of benzene rings is 1. The molecule has 0 atom stereocenters. The van der Waals surface area contributed by atoms with Crippen molar-refractivity contribution >= 4 is 44.7 Å². The lowest BCUT2D eigenvalue weighted by Gasteiger charge is -2.02. The van der Waals surface area contributed by atoms with E-state index in [0.717, 1.165) is 20.3 Å². The van der Waals surface area contributed by atoms with Crippen molar-refractivity contribution in [1.82, 2.24) is 10.2 Å². The van der Waals surface area contributed by atoms with Crippen LogP contribution in [0.15, 0.2) is 32.5 Å². The second-order valence-corrected chi connectivity index (χ2v) is 5.76. The summed E-state index contributed by atoms with van der Waals surface area (Å²) < 4.78 is 1.92. The summed E-state index contributed by atoms with van der Waals surface area (Å²) in [5.74, 6) is 0.868. The fourth-order valence-corrected chi connectivity index (χ4v) is 2.73. The molecular weight excluding hydrogens is 294 g/mol. The molecule has 0 saturated carbocycles. The highest BCUT2D eigenvalue weighted by molar-refractivity contribution is 9.10. The number of rotatable bonds is 3. The van der Waals surface area contributed by atoms with Gasteiger partial charge in [-0.1, -0.05) is 29.2 Å². The molecule has 0 aliphatic heterocycles. The van der Waals surface area contributed by atoms with Crippen molar-refractivity contribution in [1.29, 1.82) is 0 Å². The van der Waals surface area contributed by atoms with Gasteiger partial charge in [0.15, 0.2) is 4.34 Å². The quantitative estimate of drug-likeness (QED) is 0.699. The second-order valence-electron chi connectivity index (χ2n) is 2.85. The van der Waals surface area contributed by atoms with Gasteiger partial charge in [0.1, 0.15) is 5.51 Å². The first kappa shape index (κ1) is 10.9. The smallest absolute Gasteiger partial charge is 0.174 e. The number of halogens is 1. The summed E-state index contributed by atoms with van der Waals surface area (Å²) in [5, 5.41) is 7.74. The standard InChI is InChI=1S/C9H8BrN3S2/c10-7-2-1-6(3-8(7)11)4-14-9-13-12-5-15-9/h1-3,5H,4,11H2. The molecular formula is C9H8BrN3S2. The highest BCUT2D eigenvalue weighted by Crippen LogP contribution is 2.26. The third kappa shape index (κ3) is 2.93. The summed E-state index contributed by atoms with van der Waals surface area (Å²) in [6, 6.07) is 5.98. The number of hydrogen-bond acceptors (Lipinski definition) is 5. The Bertz CT molecular complexity index is 445. The fraction of sp³-hybridized carbons (Fsp3) is 0.111. The van der Waals surface area contributed by atoms with E-state index >= 15 is 0 Å². The first-order chi connectivity index (χ1) is 7.25. The van der Waals surface area contributed by atoms with Crippen molar-refractivity contribution in [3.8, 4) is 0 Å².